The number of hydrogen-bond acceptors (Lipinski definition) is 7. The van der Waals surface area contributed by atoms with Gasteiger partial charge in [-0.25, -0.2) is 13.3 Å². The number of sulfonamides is 1. The fourth-order valence-electron chi connectivity index (χ4n) is 3.60. The number of esters is 1. The number of anilines is 1. The van der Waals surface area contributed by atoms with Gasteiger partial charge in [-0.15, -0.1) is 11.3 Å². The average Bonchev–Trinajstić information content (AvgIpc) is 3.40. The Kier molecular flexibility index (Phi) is 6.99. The lowest BCUT2D eigenvalue weighted by Crippen LogP contribution is -2.44. The summed E-state index contributed by atoms with van der Waals surface area (Å²) in [4.78, 5) is 39.1. The summed E-state index contributed by atoms with van der Waals surface area (Å²) >= 11 is 4.66. The number of carbonyl (C=O) groups excluding carboxylic acids is 3. The Hall–Kier alpha value is -2.86. The molecule has 1 atom stereocenters. The van der Waals surface area contributed by atoms with Crippen LogP contribution in [0.15, 0.2) is 75.4 Å². The van der Waals surface area contributed by atoms with Crippen molar-refractivity contribution < 1.29 is 27.5 Å². The maximum atomic E-state index is 13.6. The first kappa shape index (κ1) is 24.3. The molecule has 2 heterocycles. The van der Waals surface area contributed by atoms with Crippen LogP contribution in [0.3, 0.4) is 0 Å². The van der Waals surface area contributed by atoms with Crippen LogP contribution in [0, 0.1) is 0 Å². The van der Waals surface area contributed by atoms with Crippen molar-refractivity contribution in [3.05, 3.63) is 75.4 Å². The topological polar surface area (TPSA) is 101 Å². The minimum Gasteiger partial charge on any atom is -0.427 e. The van der Waals surface area contributed by atoms with Gasteiger partial charge in [0.25, 0.3) is 5.91 Å². The van der Waals surface area contributed by atoms with E-state index in [9.17, 15) is 22.8 Å². The summed E-state index contributed by atoms with van der Waals surface area (Å²) in [6.07, 6.45) is -0.286. The van der Waals surface area contributed by atoms with Crippen molar-refractivity contribution in [2.75, 3.05) is 4.90 Å². The van der Waals surface area contributed by atoms with Gasteiger partial charge in [0.15, 0.2) is 0 Å². The van der Waals surface area contributed by atoms with Gasteiger partial charge in [0.05, 0.1) is 17.0 Å². The highest BCUT2D eigenvalue weighted by Gasteiger charge is 2.47. The van der Waals surface area contributed by atoms with Gasteiger partial charge in [0.1, 0.15) is 11.8 Å². The summed E-state index contributed by atoms with van der Waals surface area (Å²) in [6, 6.07) is 14.4. The second kappa shape index (κ2) is 9.79. The van der Waals surface area contributed by atoms with Gasteiger partial charge < -0.3 is 4.74 Å². The van der Waals surface area contributed by atoms with Crippen LogP contribution in [0.1, 0.15) is 18.2 Å². The van der Waals surface area contributed by atoms with Crippen molar-refractivity contribution in [1.82, 2.24) is 4.31 Å². The molecule has 1 unspecified atom stereocenters. The lowest BCUT2D eigenvalue weighted by atomic mass is 10.2. The second-order valence-electron chi connectivity index (χ2n) is 7.46. The number of thiophene rings is 1. The Balaban J connectivity index is 1.68. The molecule has 1 fully saturated rings. The van der Waals surface area contributed by atoms with E-state index in [-0.39, 0.29) is 29.3 Å². The van der Waals surface area contributed by atoms with Gasteiger partial charge in [-0.3, -0.25) is 14.4 Å². The van der Waals surface area contributed by atoms with E-state index in [0.717, 1.165) is 14.1 Å². The van der Waals surface area contributed by atoms with Crippen LogP contribution in [0.4, 0.5) is 5.69 Å². The molecule has 3 aromatic rings. The molecule has 11 heteroatoms. The molecule has 1 aromatic heterocycles. The molecule has 2 aromatic carbocycles. The van der Waals surface area contributed by atoms with Crippen LogP contribution >= 0.6 is 27.3 Å². The summed E-state index contributed by atoms with van der Waals surface area (Å²) in [7, 11) is -4.10. The number of ether oxygens (including phenoxy) is 1. The van der Waals surface area contributed by atoms with Crippen LogP contribution < -0.4 is 9.64 Å². The predicted octanol–water partition coefficient (Wildman–Crippen LogP) is 3.96. The normalized spacial score (nSPS) is 16.3. The molecule has 0 bridgehead atoms. The molecular weight excluding hydrogens is 544 g/mol. The van der Waals surface area contributed by atoms with E-state index in [0.29, 0.717) is 4.47 Å². The van der Waals surface area contributed by atoms with Gasteiger partial charge in [0, 0.05) is 22.8 Å². The van der Waals surface area contributed by atoms with Gasteiger partial charge >= 0.3 is 5.97 Å². The highest BCUT2D eigenvalue weighted by Crippen LogP contribution is 2.32. The van der Waals surface area contributed by atoms with Gasteiger partial charge in [0.2, 0.25) is 15.9 Å². The van der Waals surface area contributed by atoms with Crippen molar-refractivity contribution in [2.24, 2.45) is 0 Å². The maximum Gasteiger partial charge on any atom is 0.308 e. The molecule has 1 aliphatic rings. The third-order valence-corrected chi connectivity index (χ3v) is 8.40. The molecule has 0 N–H and O–H groups in total. The predicted molar refractivity (Wildman–Crippen MR) is 130 cm³/mol. The van der Waals surface area contributed by atoms with Crippen molar-refractivity contribution in [2.45, 2.75) is 30.8 Å². The average molecular weight is 563 g/mol. The minimum atomic E-state index is -4.10. The minimum absolute atomic E-state index is 0.0247. The van der Waals surface area contributed by atoms with Gasteiger partial charge in [-0.05, 0) is 60.0 Å². The molecule has 4 rings (SSSR count). The number of hydrogen-bond donors (Lipinski definition) is 0. The van der Waals surface area contributed by atoms with E-state index < -0.39 is 33.8 Å². The molecule has 1 aliphatic heterocycles. The number of rotatable bonds is 7. The summed E-state index contributed by atoms with van der Waals surface area (Å²) in [5, 5.41) is 1.82. The molecular formula is C23H19BrN2O6S2. The fourth-order valence-corrected chi connectivity index (χ4v) is 6.21. The summed E-state index contributed by atoms with van der Waals surface area (Å²) in [6.45, 7) is 1.22. The molecule has 34 heavy (non-hydrogen) atoms. The second-order valence-corrected chi connectivity index (χ2v) is 11.3. The smallest absolute Gasteiger partial charge is 0.308 e. The van der Waals surface area contributed by atoms with Crippen LogP contribution in [0.25, 0.3) is 0 Å². The molecule has 0 aliphatic carbocycles. The molecule has 0 spiro atoms. The zero-order chi connectivity index (χ0) is 24.5. The standard InChI is InChI=1S/C23H19BrN2O6S2/c1-15(27)32-18-8-6-17(7-9-18)26-22(28)13-21(23(26)29)25(14-19-3-2-12-33-19)34(30,31)20-10-4-16(24)5-11-20/h2-12,21H,13-14H2,1H3. The molecule has 176 valence electrons. The van der Waals surface area contributed by atoms with Crippen LogP contribution in [-0.2, 0) is 31.0 Å². The molecule has 8 nitrogen and oxygen atoms in total. The molecule has 2 amide bonds. The highest BCUT2D eigenvalue weighted by molar-refractivity contribution is 9.10. The zero-order valence-corrected chi connectivity index (χ0v) is 21.1. The van der Waals surface area contributed by atoms with E-state index in [4.69, 9.17) is 4.74 Å². The Morgan fingerprint density at radius 1 is 1.12 bits per heavy atom. The van der Waals surface area contributed by atoms with E-state index in [2.05, 4.69) is 15.9 Å². The number of imide groups is 1. The third kappa shape index (κ3) is 4.97. The van der Waals surface area contributed by atoms with Gasteiger partial charge in [-0.2, -0.15) is 4.31 Å². The van der Waals surface area contributed by atoms with Crippen LogP contribution in [0.5, 0.6) is 5.75 Å². The number of nitrogens with zero attached hydrogens (tertiary/aromatic N) is 2. The van der Waals surface area contributed by atoms with E-state index >= 15 is 0 Å². The molecule has 0 saturated carbocycles. The Labute approximate surface area is 208 Å². The number of amides is 2. The van der Waals surface area contributed by atoms with Crippen molar-refractivity contribution in [3.63, 3.8) is 0 Å². The lowest BCUT2D eigenvalue weighted by molar-refractivity contribution is -0.132. The lowest BCUT2D eigenvalue weighted by Gasteiger charge is -2.26. The van der Waals surface area contributed by atoms with Crippen LogP contribution in [0.2, 0.25) is 0 Å². The summed E-state index contributed by atoms with van der Waals surface area (Å²) in [5.74, 6) is -1.38. The summed E-state index contributed by atoms with van der Waals surface area (Å²) in [5.41, 5.74) is 0.269. The Morgan fingerprint density at radius 2 is 1.79 bits per heavy atom. The zero-order valence-electron chi connectivity index (χ0n) is 17.9. The Morgan fingerprint density at radius 3 is 2.38 bits per heavy atom. The summed E-state index contributed by atoms with van der Waals surface area (Å²) < 4.78 is 34.0. The Bertz CT molecular complexity index is 1320. The number of carbonyl (C=O) groups is 3. The van der Waals surface area contributed by atoms with E-state index in [1.165, 1.54) is 54.7 Å². The first-order valence-corrected chi connectivity index (χ1v) is 13.2. The largest absolute Gasteiger partial charge is 0.427 e. The monoisotopic (exact) mass is 562 g/mol. The highest BCUT2D eigenvalue weighted by atomic mass is 79.9. The van der Waals surface area contributed by atoms with E-state index in [1.807, 2.05) is 5.38 Å². The SMILES string of the molecule is CC(=O)Oc1ccc(N2C(=O)CC(N(Cc3cccs3)S(=O)(=O)c3ccc(Br)cc3)C2=O)cc1. The van der Waals surface area contributed by atoms with Crippen LogP contribution in [-0.4, -0.2) is 36.5 Å². The first-order valence-electron chi connectivity index (χ1n) is 10.1. The van der Waals surface area contributed by atoms with Gasteiger partial charge in [-0.1, -0.05) is 22.0 Å². The van der Waals surface area contributed by atoms with Crippen molar-refractivity contribution in [3.8, 4) is 5.75 Å². The maximum absolute atomic E-state index is 13.6. The van der Waals surface area contributed by atoms with Crippen molar-refractivity contribution >= 4 is 60.8 Å². The van der Waals surface area contributed by atoms with E-state index in [1.54, 1.807) is 24.3 Å². The number of benzene rings is 2. The fraction of sp³-hybridized carbons (Fsp3) is 0.174. The number of halogens is 1. The van der Waals surface area contributed by atoms with Crippen molar-refractivity contribution in [1.29, 1.82) is 0 Å². The molecule has 1 saturated heterocycles. The first-order chi connectivity index (χ1) is 16.2. The third-order valence-electron chi connectivity index (χ3n) is 5.14. The quantitative estimate of drug-likeness (QED) is 0.245. The molecule has 0 radical (unpaired) electrons.